The molecule has 0 aliphatic rings. The molecule has 7 heteroatoms. The van der Waals surface area contributed by atoms with Crippen molar-refractivity contribution >= 4 is 22.6 Å². The maximum Gasteiger partial charge on any atom is 0.416 e. The summed E-state index contributed by atoms with van der Waals surface area (Å²) in [4.78, 5) is 4.05. The van der Waals surface area contributed by atoms with Crippen LogP contribution in [0.3, 0.4) is 0 Å². The van der Waals surface area contributed by atoms with Crippen molar-refractivity contribution in [3.05, 3.63) is 42.0 Å². The summed E-state index contributed by atoms with van der Waals surface area (Å²) in [6.07, 6.45) is -2.93. The third-order valence-electron chi connectivity index (χ3n) is 2.30. The maximum atomic E-state index is 12.6. The van der Waals surface area contributed by atoms with Crippen LogP contribution in [-0.4, -0.2) is 14.8 Å². The molecule has 2 aromatic rings. The molecule has 0 aliphatic heterocycles. The number of hydrogen-bond donors (Lipinski definition) is 0. The van der Waals surface area contributed by atoms with Gasteiger partial charge in [0.2, 0.25) is 0 Å². The van der Waals surface area contributed by atoms with Gasteiger partial charge in [-0.3, -0.25) is 0 Å². The van der Waals surface area contributed by atoms with Gasteiger partial charge in [0.25, 0.3) is 0 Å². The van der Waals surface area contributed by atoms with E-state index in [1.54, 1.807) is 6.07 Å². The monoisotopic (exact) mass is 367 g/mol. The predicted octanol–water partition coefficient (Wildman–Crippen LogP) is 3.78. The zero-order chi connectivity index (χ0) is 13.3. The number of hydrogen-bond acceptors (Lipinski definition) is 2. The average Bonchev–Trinajstić information content (AvgIpc) is 2.77. The van der Waals surface area contributed by atoms with Gasteiger partial charge in [0, 0.05) is 0 Å². The van der Waals surface area contributed by atoms with Gasteiger partial charge in [-0.2, -0.15) is 18.3 Å². The highest BCUT2D eigenvalue weighted by molar-refractivity contribution is 14.1. The highest BCUT2D eigenvalue weighted by atomic mass is 127. The van der Waals surface area contributed by atoms with E-state index >= 15 is 0 Å². The number of nitrogens with zero attached hydrogens (tertiary/aromatic N) is 3. The van der Waals surface area contributed by atoms with E-state index in [0.29, 0.717) is 11.5 Å². The summed E-state index contributed by atoms with van der Waals surface area (Å²) in [5, 5.41) is 4.13. The number of halogens is 4. The Balaban J connectivity index is 2.38. The largest absolute Gasteiger partial charge is 0.416 e. The molecule has 0 saturated carbocycles. The Kier molecular flexibility index (Phi) is 3.60. The Morgan fingerprint density at radius 3 is 2.61 bits per heavy atom. The van der Waals surface area contributed by atoms with Crippen LogP contribution in [0.25, 0.3) is 5.69 Å². The normalized spacial score (nSPS) is 13.6. The van der Waals surface area contributed by atoms with Crippen molar-refractivity contribution in [3.63, 3.8) is 0 Å². The lowest BCUT2D eigenvalue weighted by Gasteiger charge is -2.08. The first-order valence-electron chi connectivity index (χ1n) is 5.11. The Morgan fingerprint density at radius 2 is 2.06 bits per heavy atom. The standard InChI is InChI=1S/C11H9F3IN3/c1-7(15)10-16-6-18(17-10)9-4-2-3-8(5-9)11(12,13)14/h2-7H,1H3. The van der Waals surface area contributed by atoms with Crippen molar-refractivity contribution in [2.24, 2.45) is 0 Å². The fourth-order valence-electron chi connectivity index (χ4n) is 1.41. The summed E-state index contributed by atoms with van der Waals surface area (Å²) < 4.78 is 39.2. The molecular weight excluding hydrogens is 358 g/mol. The zero-order valence-corrected chi connectivity index (χ0v) is 11.5. The van der Waals surface area contributed by atoms with Crippen molar-refractivity contribution in [2.75, 3.05) is 0 Å². The second-order valence-electron chi connectivity index (χ2n) is 3.71. The number of aromatic nitrogens is 3. The lowest BCUT2D eigenvalue weighted by atomic mass is 10.2. The third-order valence-corrected chi connectivity index (χ3v) is 2.86. The fraction of sp³-hybridized carbons (Fsp3) is 0.273. The first kappa shape index (κ1) is 13.3. The van der Waals surface area contributed by atoms with Crippen molar-refractivity contribution in [2.45, 2.75) is 17.0 Å². The average molecular weight is 367 g/mol. The number of rotatable bonds is 2. The molecule has 18 heavy (non-hydrogen) atoms. The van der Waals surface area contributed by atoms with Crippen LogP contribution in [0.5, 0.6) is 0 Å². The summed E-state index contributed by atoms with van der Waals surface area (Å²) in [7, 11) is 0. The van der Waals surface area contributed by atoms with Crippen LogP contribution in [0, 0.1) is 0 Å². The minimum Gasteiger partial charge on any atom is -0.221 e. The quantitative estimate of drug-likeness (QED) is 0.598. The summed E-state index contributed by atoms with van der Waals surface area (Å²) in [5.41, 5.74) is -0.347. The molecule has 0 bridgehead atoms. The molecule has 96 valence electrons. The van der Waals surface area contributed by atoms with E-state index in [1.807, 2.05) is 6.92 Å². The molecule has 0 radical (unpaired) electrons. The number of benzene rings is 1. The van der Waals surface area contributed by atoms with Gasteiger partial charge in [-0.1, -0.05) is 28.7 Å². The van der Waals surface area contributed by atoms with Crippen LogP contribution in [0.2, 0.25) is 0 Å². The summed E-state index contributed by atoms with van der Waals surface area (Å²) in [5.74, 6) is 0.591. The van der Waals surface area contributed by atoms with Crippen molar-refractivity contribution < 1.29 is 13.2 Å². The van der Waals surface area contributed by atoms with Gasteiger partial charge in [-0.05, 0) is 25.1 Å². The SMILES string of the molecule is CC(I)c1ncn(-c2cccc(C(F)(F)F)c2)n1. The van der Waals surface area contributed by atoms with Crippen molar-refractivity contribution in [1.29, 1.82) is 0 Å². The van der Waals surface area contributed by atoms with Gasteiger partial charge in [0.1, 0.15) is 6.33 Å². The van der Waals surface area contributed by atoms with E-state index in [9.17, 15) is 13.2 Å². The van der Waals surface area contributed by atoms with Crippen LogP contribution >= 0.6 is 22.6 Å². The van der Waals surface area contributed by atoms with Gasteiger partial charge in [-0.25, -0.2) is 9.67 Å². The highest BCUT2D eigenvalue weighted by Crippen LogP contribution is 2.30. The molecule has 0 fully saturated rings. The molecule has 2 rings (SSSR count). The minimum atomic E-state index is -4.35. The van der Waals surface area contributed by atoms with Crippen LogP contribution in [0.4, 0.5) is 13.2 Å². The zero-order valence-electron chi connectivity index (χ0n) is 9.32. The summed E-state index contributed by atoms with van der Waals surface area (Å²) >= 11 is 2.14. The lowest BCUT2D eigenvalue weighted by Crippen LogP contribution is -2.06. The molecule has 0 spiro atoms. The highest BCUT2D eigenvalue weighted by Gasteiger charge is 2.30. The molecule has 0 aliphatic carbocycles. The predicted molar refractivity (Wildman–Crippen MR) is 68.8 cm³/mol. The second kappa shape index (κ2) is 4.87. The van der Waals surface area contributed by atoms with Gasteiger partial charge < -0.3 is 0 Å². The van der Waals surface area contributed by atoms with Crippen LogP contribution in [0.15, 0.2) is 30.6 Å². The second-order valence-corrected chi connectivity index (χ2v) is 5.58. The Morgan fingerprint density at radius 1 is 1.33 bits per heavy atom. The van der Waals surface area contributed by atoms with Gasteiger partial charge >= 0.3 is 6.18 Å². The first-order valence-corrected chi connectivity index (χ1v) is 6.36. The number of alkyl halides is 4. The minimum absolute atomic E-state index is 0.106. The van der Waals surface area contributed by atoms with Crippen molar-refractivity contribution in [1.82, 2.24) is 14.8 Å². The molecule has 1 aromatic heterocycles. The molecule has 0 amide bonds. The van der Waals surface area contributed by atoms with Gasteiger partial charge in [0.05, 0.1) is 15.2 Å². The molecular formula is C11H9F3IN3. The van der Waals surface area contributed by atoms with E-state index < -0.39 is 11.7 Å². The van der Waals surface area contributed by atoms with Crippen LogP contribution in [0.1, 0.15) is 22.2 Å². The van der Waals surface area contributed by atoms with Gasteiger partial charge in [0.15, 0.2) is 5.82 Å². The Hall–Kier alpha value is -1.12. The van der Waals surface area contributed by atoms with Gasteiger partial charge in [-0.15, -0.1) is 0 Å². The topological polar surface area (TPSA) is 30.7 Å². The van der Waals surface area contributed by atoms with Crippen LogP contribution in [-0.2, 0) is 6.18 Å². The van der Waals surface area contributed by atoms with E-state index in [4.69, 9.17) is 0 Å². The Labute approximate surface area is 115 Å². The molecule has 0 N–H and O–H groups in total. The molecule has 3 nitrogen and oxygen atoms in total. The van der Waals surface area contributed by atoms with E-state index in [1.165, 1.54) is 17.1 Å². The van der Waals surface area contributed by atoms with E-state index in [-0.39, 0.29) is 3.92 Å². The molecule has 1 heterocycles. The van der Waals surface area contributed by atoms with E-state index in [0.717, 1.165) is 12.1 Å². The van der Waals surface area contributed by atoms with E-state index in [2.05, 4.69) is 32.7 Å². The lowest BCUT2D eigenvalue weighted by molar-refractivity contribution is -0.137. The molecule has 1 atom stereocenters. The molecule has 1 unspecified atom stereocenters. The summed E-state index contributed by atoms with van der Waals surface area (Å²) in [6.45, 7) is 1.91. The van der Waals surface area contributed by atoms with Crippen LogP contribution < -0.4 is 0 Å². The molecule has 0 saturated heterocycles. The maximum absolute atomic E-state index is 12.6. The summed E-state index contributed by atoms with van der Waals surface area (Å²) in [6, 6.07) is 5.00. The first-order chi connectivity index (χ1) is 8.38. The Bertz CT molecular complexity index is 548. The fourth-order valence-corrected chi connectivity index (χ4v) is 1.69. The smallest absolute Gasteiger partial charge is 0.221 e. The third kappa shape index (κ3) is 2.82. The van der Waals surface area contributed by atoms with Crippen molar-refractivity contribution in [3.8, 4) is 5.69 Å². The molecule has 1 aromatic carbocycles.